The number of aliphatic hydroxyl groups excluding tert-OH is 1. The van der Waals surface area contributed by atoms with E-state index in [1.54, 1.807) is 12.1 Å². The predicted octanol–water partition coefficient (Wildman–Crippen LogP) is 0.774. The quantitative estimate of drug-likeness (QED) is 0.780. The molecule has 1 aliphatic heterocycles. The van der Waals surface area contributed by atoms with Crippen LogP contribution in [0.5, 0.6) is 0 Å². The average Bonchev–Trinajstić information content (AvgIpc) is 3.00. The largest absolute Gasteiger partial charge is 0.467 e. The number of amides is 1. The van der Waals surface area contributed by atoms with E-state index in [1.165, 1.54) is 6.26 Å². The van der Waals surface area contributed by atoms with Crippen molar-refractivity contribution in [1.82, 2.24) is 10.2 Å². The first-order valence-corrected chi connectivity index (χ1v) is 6.85. The summed E-state index contributed by atoms with van der Waals surface area (Å²) in [4.78, 5) is 14.2. The molecule has 1 aromatic rings. The number of nitrogens with zero attached hydrogens (tertiary/aromatic N) is 1. The summed E-state index contributed by atoms with van der Waals surface area (Å²) >= 11 is 0. The average molecular weight is 276 g/mol. The highest BCUT2D eigenvalue weighted by Gasteiger charge is 2.25. The SMILES string of the molecule is C#CCN1CCC(C(=O)NCC(O)c2ccco2)CC1. The van der Waals surface area contributed by atoms with Crippen molar-refractivity contribution in [3.05, 3.63) is 24.2 Å². The fourth-order valence-electron chi connectivity index (χ4n) is 2.41. The van der Waals surface area contributed by atoms with E-state index in [0.29, 0.717) is 12.3 Å². The lowest BCUT2D eigenvalue weighted by atomic mass is 9.96. The molecule has 0 radical (unpaired) electrons. The number of piperidine rings is 1. The lowest BCUT2D eigenvalue weighted by Gasteiger charge is -2.29. The van der Waals surface area contributed by atoms with Gasteiger partial charge in [-0.15, -0.1) is 6.42 Å². The first-order chi connectivity index (χ1) is 9.70. The maximum Gasteiger partial charge on any atom is 0.223 e. The van der Waals surface area contributed by atoms with E-state index in [-0.39, 0.29) is 18.4 Å². The number of carbonyl (C=O) groups excluding carboxylic acids is 1. The lowest BCUT2D eigenvalue weighted by molar-refractivity contribution is -0.126. The van der Waals surface area contributed by atoms with Gasteiger partial charge in [0.05, 0.1) is 19.4 Å². The molecule has 20 heavy (non-hydrogen) atoms. The Bertz CT molecular complexity index is 456. The maximum atomic E-state index is 12.0. The third kappa shape index (κ3) is 3.86. The van der Waals surface area contributed by atoms with Crippen molar-refractivity contribution in [2.45, 2.75) is 18.9 Å². The van der Waals surface area contributed by atoms with Crippen LogP contribution in [0.3, 0.4) is 0 Å². The maximum absolute atomic E-state index is 12.0. The van der Waals surface area contributed by atoms with Crippen molar-refractivity contribution in [3.8, 4) is 12.3 Å². The molecule has 0 aliphatic carbocycles. The molecule has 1 unspecified atom stereocenters. The summed E-state index contributed by atoms with van der Waals surface area (Å²) in [5.74, 6) is 3.09. The second-order valence-corrected chi connectivity index (χ2v) is 5.03. The van der Waals surface area contributed by atoms with Crippen LogP contribution in [0.2, 0.25) is 0 Å². The van der Waals surface area contributed by atoms with Crippen LogP contribution in [-0.2, 0) is 4.79 Å². The minimum atomic E-state index is -0.796. The molecule has 2 rings (SSSR count). The third-order valence-corrected chi connectivity index (χ3v) is 3.61. The second kappa shape index (κ2) is 7.13. The highest BCUT2D eigenvalue weighted by molar-refractivity contribution is 5.78. The van der Waals surface area contributed by atoms with Gasteiger partial charge in [-0.1, -0.05) is 5.92 Å². The van der Waals surface area contributed by atoms with Crippen molar-refractivity contribution in [3.63, 3.8) is 0 Å². The fourth-order valence-corrected chi connectivity index (χ4v) is 2.41. The van der Waals surface area contributed by atoms with Gasteiger partial charge >= 0.3 is 0 Å². The zero-order chi connectivity index (χ0) is 14.4. The third-order valence-electron chi connectivity index (χ3n) is 3.61. The smallest absolute Gasteiger partial charge is 0.223 e. The molecule has 5 nitrogen and oxygen atoms in total. The zero-order valence-electron chi connectivity index (χ0n) is 11.4. The number of terminal acetylenes is 1. The van der Waals surface area contributed by atoms with E-state index < -0.39 is 6.10 Å². The molecule has 2 N–H and O–H groups in total. The molecule has 2 heterocycles. The number of rotatable bonds is 5. The van der Waals surface area contributed by atoms with Crippen molar-refractivity contribution < 1.29 is 14.3 Å². The summed E-state index contributed by atoms with van der Waals surface area (Å²) in [5, 5.41) is 12.6. The van der Waals surface area contributed by atoms with Crippen molar-refractivity contribution in [2.75, 3.05) is 26.2 Å². The Hall–Kier alpha value is -1.77. The number of nitrogens with one attached hydrogen (secondary N) is 1. The standard InChI is InChI=1S/C15H20N2O3/c1-2-7-17-8-5-12(6-9-17)15(19)16-11-13(18)14-4-3-10-20-14/h1,3-4,10,12-13,18H,5-9,11H2,(H,16,19). The summed E-state index contributed by atoms with van der Waals surface area (Å²) in [6.07, 6.45) is 7.60. The predicted molar refractivity (Wildman–Crippen MR) is 74.7 cm³/mol. The van der Waals surface area contributed by atoms with Gasteiger partial charge < -0.3 is 14.8 Å². The Labute approximate surface area is 118 Å². The van der Waals surface area contributed by atoms with Crippen LogP contribution >= 0.6 is 0 Å². The minimum absolute atomic E-state index is 0.00374. The Kier molecular flexibility index (Phi) is 5.22. The van der Waals surface area contributed by atoms with Gasteiger partial charge in [0.25, 0.3) is 0 Å². The molecule has 0 bridgehead atoms. The van der Waals surface area contributed by atoms with E-state index >= 15 is 0 Å². The number of furan rings is 1. The van der Waals surface area contributed by atoms with Crippen LogP contribution in [-0.4, -0.2) is 42.1 Å². The summed E-state index contributed by atoms with van der Waals surface area (Å²) in [5.41, 5.74) is 0. The number of likely N-dealkylation sites (tertiary alicyclic amines) is 1. The first kappa shape index (κ1) is 14.6. The second-order valence-electron chi connectivity index (χ2n) is 5.03. The molecule has 108 valence electrons. The van der Waals surface area contributed by atoms with Crippen LogP contribution in [0, 0.1) is 18.3 Å². The Morgan fingerprint density at radius 2 is 2.35 bits per heavy atom. The zero-order valence-corrected chi connectivity index (χ0v) is 11.4. The molecule has 1 fully saturated rings. The van der Waals surface area contributed by atoms with Crippen LogP contribution in [0.15, 0.2) is 22.8 Å². The summed E-state index contributed by atoms with van der Waals surface area (Å²) in [7, 11) is 0. The lowest BCUT2D eigenvalue weighted by Crippen LogP contribution is -2.41. The van der Waals surface area contributed by atoms with Gasteiger partial charge in [0.2, 0.25) is 5.91 Å². The Morgan fingerprint density at radius 3 is 2.95 bits per heavy atom. The van der Waals surface area contributed by atoms with Gasteiger partial charge in [0.15, 0.2) is 0 Å². The van der Waals surface area contributed by atoms with E-state index in [2.05, 4.69) is 16.1 Å². The number of hydrogen-bond acceptors (Lipinski definition) is 4. The topological polar surface area (TPSA) is 65.7 Å². The van der Waals surface area contributed by atoms with Crippen molar-refractivity contribution in [2.24, 2.45) is 5.92 Å². The number of hydrogen-bond donors (Lipinski definition) is 2. The summed E-state index contributed by atoms with van der Waals surface area (Å²) < 4.78 is 5.09. The fraction of sp³-hybridized carbons (Fsp3) is 0.533. The van der Waals surface area contributed by atoms with E-state index in [9.17, 15) is 9.90 Å². The minimum Gasteiger partial charge on any atom is -0.467 e. The van der Waals surface area contributed by atoms with Crippen LogP contribution in [0.25, 0.3) is 0 Å². The molecular weight excluding hydrogens is 256 g/mol. The van der Waals surface area contributed by atoms with Gasteiger partial charge in [0.1, 0.15) is 11.9 Å². The van der Waals surface area contributed by atoms with Crippen LogP contribution in [0.4, 0.5) is 0 Å². The molecule has 1 aliphatic rings. The molecule has 1 atom stereocenters. The van der Waals surface area contributed by atoms with Gasteiger partial charge in [0, 0.05) is 5.92 Å². The van der Waals surface area contributed by atoms with Crippen LogP contribution < -0.4 is 5.32 Å². The molecule has 0 saturated carbocycles. The molecule has 1 saturated heterocycles. The normalized spacial score (nSPS) is 18.4. The van der Waals surface area contributed by atoms with E-state index in [4.69, 9.17) is 10.8 Å². The Balaban J connectivity index is 1.72. The summed E-state index contributed by atoms with van der Waals surface area (Å²) in [6, 6.07) is 3.40. The van der Waals surface area contributed by atoms with Gasteiger partial charge in [-0.2, -0.15) is 0 Å². The van der Waals surface area contributed by atoms with Gasteiger partial charge in [-0.25, -0.2) is 0 Å². The Morgan fingerprint density at radius 1 is 1.60 bits per heavy atom. The molecule has 1 aromatic heterocycles. The van der Waals surface area contributed by atoms with Crippen molar-refractivity contribution >= 4 is 5.91 Å². The van der Waals surface area contributed by atoms with E-state index in [0.717, 1.165) is 25.9 Å². The van der Waals surface area contributed by atoms with Crippen molar-refractivity contribution in [1.29, 1.82) is 0 Å². The van der Waals surface area contributed by atoms with Gasteiger partial charge in [-0.05, 0) is 38.1 Å². The van der Waals surface area contributed by atoms with Gasteiger partial charge in [-0.3, -0.25) is 9.69 Å². The number of aliphatic hydroxyl groups is 1. The van der Waals surface area contributed by atoms with E-state index in [1.807, 2.05) is 0 Å². The first-order valence-electron chi connectivity index (χ1n) is 6.85. The monoisotopic (exact) mass is 276 g/mol. The molecule has 5 heteroatoms. The highest BCUT2D eigenvalue weighted by Crippen LogP contribution is 2.17. The number of carbonyl (C=O) groups is 1. The molecule has 1 amide bonds. The summed E-state index contributed by atoms with van der Waals surface area (Å²) in [6.45, 7) is 2.52. The molecule has 0 aromatic carbocycles. The highest BCUT2D eigenvalue weighted by atomic mass is 16.4. The molecule has 0 spiro atoms. The molecular formula is C15H20N2O3. The van der Waals surface area contributed by atoms with Crippen LogP contribution in [0.1, 0.15) is 24.7 Å².